The first-order chi connectivity index (χ1) is 27.6. The zero-order valence-electron chi connectivity index (χ0n) is 31.7. The molecule has 0 radical (unpaired) electrons. The smallest absolute Gasteiger partial charge is 0.335 e. The maximum Gasteiger partial charge on any atom is 0.335 e. The number of nitrogens with one attached hydrogen (secondary N) is 2. The van der Waals surface area contributed by atoms with Crippen molar-refractivity contribution in [2.24, 2.45) is 11.8 Å². The number of carboxylic acid groups (broad SMARTS) is 1. The van der Waals surface area contributed by atoms with Gasteiger partial charge in [-0.05, 0) is 95.8 Å². The predicted molar refractivity (Wildman–Crippen MR) is 232 cm³/mol. The van der Waals surface area contributed by atoms with Crippen LogP contribution in [0.1, 0.15) is 88.2 Å². The van der Waals surface area contributed by atoms with E-state index in [9.17, 15) is 9.90 Å². The molecule has 2 fully saturated rings. The minimum Gasteiger partial charge on any atom is -0.478 e. The summed E-state index contributed by atoms with van der Waals surface area (Å²) in [6.07, 6.45) is 10.3. The van der Waals surface area contributed by atoms with Crippen molar-refractivity contribution in [1.82, 2.24) is 14.8 Å². The number of carbonyl (C=O) groups is 2. The zero-order valence-corrected chi connectivity index (χ0v) is 34.0. The Morgan fingerprint density at radius 2 is 1.65 bits per heavy atom. The van der Waals surface area contributed by atoms with Gasteiger partial charge in [0, 0.05) is 70.5 Å². The third-order valence-electron chi connectivity index (χ3n) is 12.2. The first-order valence-electron chi connectivity index (χ1n) is 19.9. The molecule has 3 aliphatic heterocycles. The number of benzene rings is 4. The number of hydrogen-bond acceptors (Lipinski definition) is 5. The number of aromatic nitrogens is 1. The molecule has 0 spiro atoms. The van der Waals surface area contributed by atoms with Gasteiger partial charge in [-0.25, -0.2) is 4.79 Å². The van der Waals surface area contributed by atoms with Crippen LogP contribution in [0.15, 0.2) is 91.1 Å². The lowest BCUT2D eigenvalue weighted by Crippen LogP contribution is -2.47. The molecule has 4 aromatic carbocycles. The number of anilines is 2. The van der Waals surface area contributed by atoms with Crippen LogP contribution in [-0.4, -0.2) is 64.5 Å². The van der Waals surface area contributed by atoms with E-state index in [1.165, 1.54) is 25.7 Å². The van der Waals surface area contributed by atoms with Crippen LogP contribution in [0.4, 0.5) is 11.4 Å². The van der Waals surface area contributed by atoms with Crippen molar-refractivity contribution in [3.63, 3.8) is 0 Å². The standard InChI is InChI=1S/C46H44Cl3N5O3/c1-27-8-7-17-54-43(33-15-14-31(47)24-35(33)49)34-23-32(48)25-37-40(34)41(44(54)39(27)29-11-3-2-4-12-29)42(50-37)45(55)51-36-22-30(46(56)57)13-16-38(36)53-20-18-52(19-21-53)26-28-9-5-6-10-28/h2-4,7,11-17,22-25,27-28,43,50H,5-6,8-10,18-21,26H2,1H3,(H,51,55)(H,56,57). The number of halogens is 3. The average molecular weight is 821 g/mol. The summed E-state index contributed by atoms with van der Waals surface area (Å²) < 4.78 is 0. The Labute approximate surface area is 347 Å². The molecule has 3 N–H and O–H groups in total. The van der Waals surface area contributed by atoms with Gasteiger partial charge in [0.15, 0.2) is 0 Å². The summed E-state index contributed by atoms with van der Waals surface area (Å²) >= 11 is 20.3. The molecule has 1 saturated heterocycles. The van der Waals surface area contributed by atoms with Crippen molar-refractivity contribution in [3.05, 3.63) is 140 Å². The fourth-order valence-corrected chi connectivity index (χ4v) is 10.3. The van der Waals surface area contributed by atoms with Crippen molar-refractivity contribution < 1.29 is 14.7 Å². The second-order valence-corrected chi connectivity index (χ2v) is 17.1. The highest BCUT2D eigenvalue weighted by atomic mass is 35.5. The van der Waals surface area contributed by atoms with E-state index >= 15 is 4.79 Å². The molecular weight excluding hydrogens is 777 g/mol. The van der Waals surface area contributed by atoms with E-state index in [2.05, 4.69) is 56.3 Å². The molecule has 292 valence electrons. The summed E-state index contributed by atoms with van der Waals surface area (Å²) in [5, 5.41) is 15.7. The molecule has 1 amide bonds. The topological polar surface area (TPSA) is 91.9 Å². The van der Waals surface area contributed by atoms with Gasteiger partial charge in [-0.1, -0.05) is 97.0 Å². The molecule has 1 aliphatic carbocycles. The first-order valence-corrected chi connectivity index (χ1v) is 21.0. The monoisotopic (exact) mass is 819 g/mol. The quantitative estimate of drug-likeness (QED) is 0.144. The van der Waals surface area contributed by atoms with Gasteiger partial charge in [-0.3, -0.25) is 9.69 Å². The molecule has 0 bridgehead atoms. The van der Waals surface area contributed by atoms with E-state index in [-0.39, 0.29) is 17.4 Å². The van der Waals surface area contributed by atoms with Gasteiger partial charge in [0.2, 0.25) is 0 Å². The van der Waals surface area contributed by atoms with Crippen LogP contribution in [0.2, 0.25) is 15.1 Å². The van der Waals surface area contributed by atoms with E-state index in [0.717, 1.165) is 89.7 Å². The zero-order chi connectivity index (χ0) is 39.4. The lowest BCUT2D eigenvalue weighted by Gasteiger charge is -2.40. The number of carboxylic acids is 1. The highest BCUT2D eigenvalue weighted by Gasteiger charge is 2.40. The third kappa shape index (κ3) is 7.11. The summed E-state index contributed by atoms with van der Waals surface area (Å²) in [5.41, 5.74) is 7.97. The van der Waals surface area contributed by atoms with Crippen LogP contribution in [0.5, 0.6) is 0 Å². The Balaban J connectivity index is 1.19. The number of fused-ring (bicyclic) bond motifs is 2. The molecule has 1 saturated carbocycles. The van der Waals surface area contributed by atoms with Gasteiger partial charge >= 0.3 is 5.97 Å². The third-order valence-corrected chi connectivity index (χ3v) is 13.0. The molecule has 4 aliphatic rings. The molecule has 4 heterocycles. The highest BCUT2D eigenvalue weighted by Crippen LogP contribution is 2.53. The van der Waals surface area contributed by atoms with Crippen LogP contribution in [0.25, 0.3) is 22.2 Å². The number of piperazine rings is 1. The van der Waals surface area contributed by atoms with Gasteiger partial charge in [0.05, 0.1) is 28.7 Å². The maximum atomic E-state index is 15.0. The maximum absolute atomic E-state index is 15.0. The van der Waals surface area contributed by atoms with Crippen LogP contribution < -0.4 is 10.2 Å². The fourth-order valence-electron chi connectivity index (χ4n) is 9.56. The normalized spacial score (nSPS) is 19.9. The molecule has 11 heteroatoms. The van der Waals surface area contributed by atoms with E-state index < -0.39 is 12.0 Å². The largest absolute Gasteiger partial charge is 0.478 e. The van der Waals surface area contributed by atoms with Crippen molar-refractivity contribution in [3.8, 4) is 0 Å². The first kappa shape index (κ1) is 37.8. The average Bonchev–Trinajstić information content (AvgIpc) is 3.81. The molecule has 1 aromatic heterocycles. The number of aromatic carboxylic acids is 1. The number of H-pyrrole nitrogens is 1. The van der Waals surface area contributed by atoms with Crippen LogP contribution in [0.3, 0.4) is 0 Å². The second-order valence-electron chi connectivity index (χ2n) is 15.8. The number of hydrogen-bond donors (Lipinski definition) is 3. The summed E-state index contributed by atoms with van der Waals surface area (Å²) in [6.45, 7) is 6.73. The van der Waals surface area contributed by atoms with Crippen molar-refractivity contribution >= 4 is 80.2 Å². The van der Waals surface area contributed by atoms with Gasteiger partial charge in [0.1, 0.15) is 5.69 Å². The number of rotatable bonds is 8. The Kier molecular flexibility index (Phi) is 10.3. The molecule has 57 heavy (non-hydrogen) atoms. The van der Waals surface area contributed by atoms with Crippen LogP contribution >= 0.6 is 34.8 Å². The molecule has 5 aromatic rings. The number of aromatic amines is 1. The van der Waals surface area contributed by atoms with Gasteiger partial charge in [-0.15, -0.1) is 0 Å². The van der Waals surface area contributed by atoms with Crippen LogP contribution in [0, 0.1) is 11.8 Å². The SMILES string of the molecule is CC1CC=CN2C(=C1c1ccccc1)c1c(C(=O)Nc3cc(C(=O)O)ccc3N3CCN(CC4CCCC4)CC3)[nH]c3cc(Cl)cc(c13)C2c1ccc(Cl)cc1Cl. The lowest BCUT2D eigenvalue weighted by molar-refractivity contribution is 0.0696. The lowest BCUT2D eigenvalue weighted by atomic mass is 9.82. The summed E-state index contributed by atoms with van der Waals surface area (Å²) in [7, 11) is 0. The van der Waals surface area contributed by atoms with E-state index in [1.54, 1.807) is 18.2 Å². The molecule has 2 unspecified atom stereocenters. The number of carbonyl (C=O) groups excluding carboxylic acids is 1. The number of nitrogens with zero attached hydrogens (tertiary/aromatic N) is 3. The number of allylic oxidation sites excluding steroid dienone is 2. The minimum atomic E-state index is -1.06. The molecule has 8 nitrogen and oxygen atoms in total. The highest BCUT2D eigenvalue weighted by molar-refractivity contribution is 6.35. The Morgan fingerprint density at radius 3 is 2.39 bits per heavy atom. The van der Waals surface area contributed by atoms with Crippen molar-refractivity contribution in [2.45, 2.75) is 45.1 Å². The Bertz CT molecular complexity index is 2450. The number of amides is 1. The van der Waals surface area contributed by atoms with E-state index in [1.807, 2.05) is 48.5 Å². The summed E-state index contributed by atoms with van der Waals surface area (Å²) in [5.74, 6) is -0.577. The molecular formula is C46H44Cl3N5O3. The summed E-state index contributed by atoms with van der Waals surface area (Å²) in [6, 6.07) is 24.3. The van der Waals surface area contributed by atoms with E-state index in [4.69, 9.17) is 34.8 Å². The van der Waals surface area contributed by atoms with Crippen molar-refractivity contribution in [2.75, 3.05) is 42.9 Å². The predicted octanol–water partition coefficient (Wildman–Crippen LogP) is 11.2. The van der Waals surface area contributed by atoms with E-state index in [0.29, 0.717) is 32.0 Å². The molecule has 2 atom stereocenters. The summed E-state index contributed by atoms with van der Waals surface area (Å²) in [4.78, 5) is 37.8. The van der Waals surface area contributed by atoms with Gasteiger partial charge in [0.25, 0.3) is 5.91 Å². The Hall–Kier alpha value is -4.73. The fraction of sp³-hybridized carbons (Fsp3) is 0.304. The Morgan fingerprint density at radius 1 is 0.877 bits per heavy atom. The second kappa shape index (κ2) is 15.6. The van der Waals surface area contributed by atoms with Crippen molar-refractivity contribution in [1.29, 1.82) is 0 Å². The van der Waals surface area contributed by atoms with Crippen LogP contribution in [-0.2, 0) is 0 Å². The minimum absolute atomic E-state index is 0.0888. The van der Waals surface area contributed by atoms with Gasteiger partial charge < -0.3 is 25.2 Å². The molecule has 9 rings (SSSR count). The van der Waals surface area contributed by atoms with Gasteiger partial charge in [-0.2, -0.15) is 0 Å².